The second kappa shape index (κ2) is 8.41. The van der Waals surface area contributed by atoms with Crippen LogP contribution in [0, 0.1) is 19.8 Å². The van der Waals surface area contributed by atoms with Crippen LogP contribution in [-0.4, -0.2) is 51.9 Å². The van der Waals surface area contributed by atoms with Crippen molar-refractivity contribution in [1.29, 1.82) is 0 Å². The van der Waals surface area contributed by atoms with Crippen molar-refractivity contribution in [3.05, 3.63) is 35.9 Å². The van der Waals surface area contributed by atoms with Gasteiger partial charge in [0.1, 0.15) is 29.3 Å². The molecule has 1 atom stereocenters. The van der Waals surface area contributed by atoms with Crippen molar-refractivity contribution < 1.29 is 14.3 Å². The van der Waals surface area contributed by atoms with Gasteiger partial charge in [-0.2, -0.15) is 5.10 Å². The number of aryl methyl sites for hydroxylation is 2. The van der Waals surface area contributed by atoms with E-state index in [2.05, 4.69) is 10.1 Å². The minimum Gasteiger partial charge on any atom is -0.497 e. The Labute approximate surface area is 160 Å². The fourth-order valence-corrected chi connectivity index (χ4v) is 3.42. The lowest BCUT2D eigenvalue weighted by Crippen LogP contribution is -2.44. The average Bonchev–Trinajstić information content (AvgIpc) is 2.99. The van der Waals surface area contributed by atoms with Crippen LogP contribution in [0.1, 0.15) is 31.4 Å². The minimum absolute atomic E-state index is 0.121. The smallest absolute Gasteiger partial charge is 0.227 e. The van der Waals surface area contributed by atoms with Crippen molar-refractivity contribution in [1.82, 2.24) is 19.7 Å². The highest BCUT2D eigenvalue weighted by Gasteiger charge is 2.27. The van der Waals surface area contributed by atoms with E-state index in [0.717, 1.165) is 49.1 Å². The third kappa shape index (κ3) is 4.78. The van der Waals surface area contributed by atoms with Gasteiger partial charge in [-0.25, -0.2) is 9.67 Å². The van der Waals surface area contributed by atoms with Gasteiger partial charge in [0.15, 0.2) is 0 Å². The summed E-state index contributed by atoms with van der Waals surface area (Å²) in [5.41, 5.74) is 0. The van der Waals surface area contributed by atoms with Crippen LogP contribution in [0.2, 0.25) is 0 Å². The van der Waals surface area contributed by atoms with E-state index in [-0.39, 0.29) is 17.9 Å². The van der Waals surface area contributed by atoms with Crippen LogP contribution in [0.5, 0.6) is 11.5 Å². The van der Waals surface area contributed by atoms with E-state index in [9.17, 15) is 4.79 Å². The predicted molar refractivity (Wildman–Crippen MR) is 102 cm³/mol. The van der Waals surface area contributed by atoms with E-state index < -0.39 is 0 Å². The largest absolute Gasteiger partial charge is 0.497 e. The zero-order valence-corrected chi connectivity index (χ0v) is 16.5. The molecule has 1 saturated heterocycles. The van der Waals surface area contributed by atoms with Gasteiger partial charge in [0.05, 0.1) is 19.6 Å². The molecule has 0 bridgehead atoms. The number of nitrogens with zero attached hydrogens (tertiary/aromatic N) is 4. The molecule has 1 fully saturated rings. The Morgan fingerprint density at radius 2 is 1.81 bits per heavy atom. The first kappa shape index (κ1) is 19.2. The van der Waals surface area contributed by atoms with Crippen LogP contribution in [-0.2, 0) is 11.3 Å². The van der Waals surface area contributed by atoms with Crippen molar-refractivity contribution in [3.63, 3.8) is 0 Å². The van der Waals surface area contributed by atoms with Crippen molar-refractivity contribution in [2.75, 3.05) is 20.2 Å². The molecule has 3 rings (SSSR count). The van der Waals surface area contributed by atoms with Gasteiger partial charge in [-0.05, 0) is 38.1 Å². The van der Waals surface area contributed by atoms with Crippen LogP contribution in [0.25, 0.3) is 0 Å². The fraction of sp³-hybridized carbons (Fsp3) is 0.550. The Hall–Kier alpha value is -2.57. The number of aromatic nitrogens is 3. The van der Waals surface area contributed by atoms with Crippen LogP contribution in [0.3, 0.4) is 0 Å². The summed E-state index contributed by atoms with van der Waals surface area (Å²) in [7, 11) is 1.65. The molecule has 1 unspecified atom stereocenters. The second-order valence-electron chi connectivity index (χ2n) is 7.11. The molecule has 27 heavy (non-hydrogen) atoms. The first-order chi connectivity index (χ1) is 13.0. The Kier molecular flexibility index (Phi) is 5.98. The molecule has 0 N–H and O–H groups in total. The molecule has 1 aliphatic heterocycles. The Morgan fingerprint density at radius 1 is 1.19 bits per heavy atom. The highest BCUT2D eigenvalue weighted by atomic mass is 16.5. The maximum Gasteiger partial charge on any atom is 0.227 e. The van der Waals surface area contributed by atoms with Gasteiger partial charge in [0.2, 0.25) is 5.91 Å². The Morgan fingerprint density at radius 3 is 2.37 bits per heavy atom. The first-order valence-electron chi connectivity index (χ1n) is 9.44. The predicted octanol–water partition coefficient (Wildman–Crippen LogP) is 2.61. The third-order valence-corrected chi connectivity index (χ3v) is 4.95. The third-order valence-electron chi connectivity index (χ3n) is 4.95. The minimum atomic E-state index is -0.121. The van der Waals surface area contributed by atoms with Crippen molar-refractivity contribution in [3.8, 4) is 11.5 Å². The number of hydrogen-bond donors (Lipinski definition) is 0. The fourth-order valence-electron chi connectivity index (χ4n) is 3.42. The molecule has 146 valence electrons. The molecule has 0 radical (unpaired) electrons. The van der Waals surface area contributed by atoms with Crippen LogP contribution in [0.15, 0.2) is 24.3 Å². The Balaban J connectivity index is 1.48. The van der Waals surface area contributed by atoms with E-state index in [0.29, 0.717) is 6.54 Å². The van der Waals surface area contributed by atoms with Gasteiger partial charge < -0.3 is 14.4 Å². The van der Waals surface area contributed by atoms with Crippen molar-refractivity contribution >= 4 is 5.91 Å². The van der Waals surface area contributed by atoms with Gasteiger partial charge in [-0.3, -0.25) is 4.79 Å². The summed E-state index contributed by atoms with van der Waals surface area (Å²) in [6.07, 6.45) is 1.82. The first-order valence-corrected chi connectivity index (χ1v) is 9.44. The zero-order valence-electron chi connectivity index (χ0n) is 16.5. The number of likely N-dealkylation sites (tertiary alicyclic amines) is 1. The number of carbonyl (C=O) groups excluding carboxylic acids is 1. The lowest BCUT2D eigenvalue weighted by molar-refractivity contribution is -0.137. The number of amides is 1. The number of carbonyl (C=O) groups is 1. The summed E-state index contributed by atoms with van der Waals surface area (Å²) in [6.45, 7) is 7.74. The number of rotatable bonds is 6. The highest BCUT2D eigenvalue weighted by molar-refractivity contribution is 5.78. The molecule has 1 aliphatic rings. The molecule has 0 spiro atoms. The van der Waals surface area contributed by atoms with Crippen LogP contribution in [0.4, 0.5) is 0 Å². The molecule has 1 aromatic carbocycles. The van der Waals surface area contributed by atoms with Crippen molar-refractivity contribution in [2.24, 2.45) is 5.92 Å². The quantitative estimate of drug-likeness (QED) is 0.780. The van der Waals surface area contributed by atoms with E-state index in [1.165, 1.54) is 0 Å². The maximum atomic E-state index is 12.8. The molecular weight excluding hydrogens is 344 g/mol. The van der Waals surface area contributed by atoms with Crippen molar-refractivity contribution in [2.45, 2.75) is 46.3 Å². The summed E-state index contributed by atoms with van der Waals surface area (Å²) in [4.78, 5) is 19.0. The van der Waals surface area contributed by atoms with Gasteiger partial charge in [-0.15, -0.1) is 0 Å². The molecule has 2 heterocycles. The number of hydrogen-bond acceptors (Lipinski definition) is 5. The topological polar surface area (TPSA) is 69.5 Å². The number of piperidine rings is 1. The lowest BCUT2D eigenvalue weighted by Gasteiger charge is -2.33. The van der Waals surface area contributed by atoms with Gasteiger partial charge in [0, 0.05) is 25.9 Å². The van der Waals surface area contributed by atoms with E-state index in [1.54, 1.807) is 7.11 Å². The highest BCUT2D eigenvalue weighted by Crippen LogP contribution is 2.22. The van der Waals surface area contributed by atoms with Gasteiger partial charge in [0.25, 0.3) is 0 Å². The number of ether oxygens (including phenoxy) is 2. The molecular formula is C20H28N4O3. The van der Waals surface area contributed by atoms with Crippen LogP contribution < -0.4 is 9.47 Å². The number of benzene rings is 1. The summed E-state index contributed by atoms with van der Waals surface area (Å²) >= 11 is 0. The van der Waals surface area contributed by atoms with Gasteiger partial charge >= 0.3 is 0 Å². The van der Waals surface area contributed by atoms with Crippen LogP contribution >= 0.6 is 0 Å². The monoisotopic (exact) mass is 372 g/mol. The molecule has 2 aromatic rings. The van der Waals surface area contributed by atoms with E-state index >= 15 is 0 Å². The molecule has 1 aromatic heterocycles. The molecule has 0 aliphatic carbocycles. The molecule has 1 amide bonds. The molecule has 0 saturated carbocycles. The Bertz CT molecular complexity index is 764. The van der Waals surface area contributed by atoms with Gasteiger partial charge in [-0.1, -0.05) is 6.92 Å². The number of methoxy groups -OCH3 is 1. The SMILES string of the molecule is COc1ccc(OC2CCN(C(=O)C(C)Cn3nc(C)nc3C)CC2)cc1. The normalized spacial score (nSPS) is 16.2. The summed E-state index contributed by atoms with van der Waals surface area (Å²) in [6, 6.07) is 7.62. The standard InChI is InChI=1S/C20H28N4O3/c1-14(13-24-16(3)21-15(2)22-24)20(25)23-11-9-19(10-12-23)27-18-7-5-17(26-4)6-8-18/h5-8,14,19H,9-13H2,1-4H3. The molecule has 7 heteroatoms. The van der Waals surface area contributed by atoms with E-state index in [1.807, 2.05) is 54.6 Å². The van der Waals surface area contributed by atoms with E-state index in [4.69, 9.17) is 9.47 Å². The lowest BCUT2D eigenvalue weighted by atomic mass is 10.0. The maximum absolute atomic E-state index is 12.8. The molecule has 7 nitrogen and oxygen atoms in total. The summed E-state index contributed by atoms with van der Waals surface area (Å²) in [5, 5.41) is 4.35. The zero-order chi connectivity index (χ0) is 19.4. The summed E-state index contributed by atoms with van der Waals surface area (Å²) in [5.74, 6) is 3.29. The summed E-state index contributed by atoms with van der Waals surface area (Å²) < 4.78 is 13.0. The average molecular weight is 372 g/mol. The second-order valence-corrected chi connectivity index (χ2v) is 7.11.